The molecular weight excluding hydrogens is 590 g/mol. The zero-order valence-corrected chi connectivity index (χ0v) is 30.8. The van der Waals surface area contributed by atoms with Crippen LogP contribution in [0, 0.1) is 0 Å². The van der Waals surface area contributed by atoms with E-state index in [0.717, 1.165) is 29.9 Å². The number of hydrogen-bond donors (Lipinski definition) is 3. The van der Waals surface area contributed by atoms with Crippen LogP contribution in [0.15, 0.2) is 18.2 Å². The minimum Gasteiger partial charge on any atom is -0.493 e. The first-order chi connectivity index (χ1) is 23.1. The maximum Gasteiger partial charge on any atom is 0.404 e. The van der Waals surface area contributed by atoms with E-state index in [1.807, 2.05) is 18.2 Å². The molecule has 0 saturated carbocycles. The zero-order valence-electron chi connectivity index (χ0n) is 30.8. The number of rotatable bonds is 33. The lowest BCUT2D eigenvalue weighted by Gasteiger charge is -2.13. The van der Waals surface area contributed by atoms with Crippen molar-refractivity contribution < 1.29 is 29.2 Å². The van der Waals surface area contributed by atoms with Gasteiger partial charge in [0, 0.05) is 6.07 Å². The topological polar surface area (TPSA) is 111 Å². The lowest BCUT2D eigenvalue weighted by Crippen LogP contribution is -2.12. The van der Waals surface area contributed by atoms with Crippen LogP contribution in [0.25, 0.3) is 0 Å². The Morgan fingerprint density at radius 2 is 0.809 bits per heavy atom. The Hall–Kier alpha value is -1.99. The number of aliphatic hydroxyl groups is 2. The fourth-order valence-electron chi connectivity index (χ4n) is 5.65. The molecule has 1 rings (SSSR count). The second-order valence-corrected chi connectivity index (χ2v) is 13.0. The van der Waals surface area contributed by atoms with Crippen molar-refractivity contribution in [3.8, 4) is 11.5 Å². The van der Waals surface area contributed by atoms with Crippen molar-refractivity contribution in [3.63, 3.8) is 0 Å². The van der Waals surface area contributed by atoms with Crippen LogP contribution < -0.4 is 15.2 Å². The number of benzene rings is 1. The van der Waals surface area contributed by atoms with Crippen molar-refractivity contribution in [1.29, 1.82) is 0 Å². The molecule has 4 N–H and O–H groups in total. The average Bonchev–Trinajstić information content (AvgIpc) is 3.07. The van der Waals surface area contributed by atoms with Gasteiger partial charge in [-0.15, -0.1) is 0 Å². The average molecular weight is 666 g/mol. The largest absolute Gasteiger partial charge is 0.493 e. The van der Waals surface area contributed by atoms with E-state index in [-0.39, 0.29) is 19.8 Å². The molecule has 1 amide bonds. The summed E-state index contributed by atoms with van der Waals surface area (Å²) >= 11 is 0. The van der Waals surface area contributed by atoms with Gasteiger partial charge in [0.05, 0.1) is 26.4 Å². The Morgan fingerprint density at radius 1 is 0.511 bits per heavy atom. The van der Waals surface area contributed by atoms with Crippen LogP contribution in [0.4, 0.5) is 4.79 Å². The first-order valence-electron chi connectivity index (χ1n) is 19.6. The third kappa shape index (κ3) is 33.7. The highest BCUT2D eigenvalue weighted by Gasteiger charge is 2.06. The summed E-state index contributed by atoms with van der Waals surface area (Å²) in [4.78, 5) is 11.1. The van der Waals surface area contributed by atoms with Crippen molar-refractivity contribution in [2.45, 2.75) is 187 Å². The molecule has 0 unspecified atom stereocenters. The van der Waals surface area contributed by atoms with E-state index in [2.05, 4.69) is 13.8 Å². The Kier molecular flexibility index (Phi) is 35.3. The summed E-state index contributed by atoms with van der Waals surface area (Å²) in [6.07, 6.45) is 34.0. The summed E-state index contributed by atoms with van der Waals surface area (Å²) in [6.45, 7) is 5.81. The maximum absolute atomic E-state index is 11.1. The summed E-state index contributed by atoms with van der Waals surface area (Å²) in [5.74, 6) is 1.54. The zero-order chi connectivity index (χ0) is 34.5. The maximum atomic E-state index is 11.1. The molecule has 0 heterocycles. The number of aliphatic hydroxyl groups excluding tert-OH is 2. The van der Waals surface area contributed by atoms with E-state index in [1.54, 1.807) is 0 Å². The molecule has 0 spiro atoms. The molecule has 0 aliphatic carbocycles. The van der Waals surface area contributed by atoms with Gasteiger partial charge in [-0.3, -0.25) is 0 Å². The van der Waals surface area contributed by atoms with Gasteiger partial charge in [-0.05, 0) is 30.5 Å². The van der Waals surface area contributed by atoms with E-state index in [4.69, 9.17) is 30.2 Å². The van der Waals surface area contributed by atoms with E-state index in [1.165, 1.54) is 154 Å². The number of unbranched alkanes of at least 4 members (excludes halogenated alkanes) is 24. The Labute approximate surface area is 289 Å². The van der Waals surface area contributed by atoms with E-state index >= 15 is 0 Å². The number of carbonyl (C=O) groups excluding carboxylic acids is 1. The van der Waals surface area contributed by atoms with Crippen LogP contribution in [0.3, 0.4) is 0 Å². The molecular formula is C40H75NO6. The van der Waals surface area contributed by atoms with Crippen molar-refractivity contribution in [2.24, 2.45) is 5.73 Å². The second-order valence-electron chi connectivity index (χ2n) is 13.0. The number of amides is 1. The molecule has 0 fully saturated rings. The molecule has 1 aromatic rings. The first-order valence-corrected chi connectivity index (χ1v) is 19.6. The first kappa shape index (κ1) is 45.0. The summed E-state index contributed by atoms with van der Waals surface area (Å²) in [5.41, 5.74) is 6.02. The summed E-state index contributed by atoms with van der Waals surface area (Å²) in [6, 6.07) is 5.80. The molecule has 0 atom stereocenters. The fourth-order valence-corrected chi connectivity index (χ4v) is 5.65. The standard InChI is InChI=1S/C38H69NO4.C2H6O2/c1-3-5-7-9-11-13-15-17-19-21-23-25-27-29-41-36-31-35(34-43-38(39)40)32-37(33-36)42-30-28-26-24-22-20-18-16-14-12-10-8-6-4-2;3-1-2-4/h31-33H,3-30,34H2,1-2H3,(H2,39,40);3-4H,1-2H2. The molecule has 276 valence electrons. The third-order valence-corrected chi connectivity index (χ3v) is 8.45. The molecule has 0 aliphatic rings. The van der Waals surface area contributed by atoms with Crippen molar-refractivity contribution >= 4 is 6.09 Å². The highest BCUT2D eigenvalue weighted by Crippen LogP contribution is 2.25. The summed E-state index contributed by atoms with van der Waals surface area (Å²) in [7, 11) is 0. The van der Waals surface area contributed by atoms with Crippen LogP contribution in [-0.4, -0.2) is 42.7 Å². The number of nitrogens with two attached hydrogens (primary N) is 1. The van der Waals surface area contributed by atoms with Gasteiger partial charge in [-0.1, -0.05) is 168 Å². The molecule has 0 aliphatic heterocycles. The lowest BCUT2D eigenvalue weighted by molar-refractivity contribution is 0.150. The Bertz CT molecular complexity index is 738. The van der Waals surface area contributed by atoms with E-state index in [9.17, 15) is 4.79 Å². The molecule has 0 saturated heterocycles. The molecule has 7 nitrogen and oxygen atoms in total. The highest BCUT2D eigenvalue weighted by atomic mass is 16.5. The summed E-state index contributed by atoms with van der Waals surface area (Å²) < 4.78 is 17.2. The van der Waals surface area contributed by atoms with E-state index in [0.29, 0.717) is 13.2 Å². The van der Waals surface area contributed by atoms with Crippen LogP contribution >= 0.6 is 0 Å². The molecule has 0 bridgehead atoms. The van der Waals surface area contributed by atoms with Crippen molar-refractivity contribution in [2.75, 3.05) is 26.4 Å². The number of hydrogen-bond acceptors (Lipinski definition) is 6. The Balaban J connectivity index is 0.00000498. The van der Waals surface area contributed by atoms with Gasteiger partial charge in [0.15, 0.2) is 0 Å². The SMILES string of the molecule is CCCCCCCCCCCCCCCOc1cc(COC(N)=O)cc(OCCCCCCCCCCCCCCC)c1.OCCO. The lowest BCUT2D eigenvalue weighted by atomic mass is 10.0. The van der Waals surface area contributed by atoms with Gasteiger partial charge in [0.2, 0.25) is 0 Å². The predicted octanol–water partition coefficient (Wildman–Crippen LogP) is 11.2. The minimum atomic E-state index is -0.771. The van der Waals surface area contributed by atoms with Crippen LogP contribution in [0.5, 0.6) is 11.5 Å². The second kappa shape index (κ2) is 36.8. The van der Waals surface area contributed by atoms with Gasteiger partial charge in [0.25, 0.3) is 0 Å². The molecule has 1 aromatic carbocycles. The quantitative estimate of drug-likeness (QED) is 0.0644. The molecule has 0 aromatic heterocycles. The molecule has 47 heavy (non-hydrogen) atoms. The monoisotopic (exact) mass is 666 g/mol. The van der Waals surface area contributed by atoms with Gasteiger partial charge in [-0.2, -0.15) is 0 Å². The van der Waals surface area contributed by atoms with Crippen LogP contribution in [0.1, 0.15) is 186 Å². The van der Waals surface area contributed by atoms with Crippen LogP contribution in [0.2, 0.25) is 0 Å². The van der Waals surface area contributed by atoms with E-state index < -0.39 is 6.09 Å². The normalized spacial score (nSPS) is 10.8. The smallest absolute Gasteiger partial charge is 0.404 e. The minimum absolute atomic E-state index is 0.125. The van der Waals surface area contributed by atoms with Crippen LogP contribution in [-0.2, 0) is 11.3 Å². The van der Waals surface area contributed by atoms with Gasteiger partial charge in [-0.25, -0.2) is 4.79 Å². The fraction of sp³-hybridized carbons (Fsp3) is 0.825. The van der Waals surface area contributed by atoms with Gasteiger partial charge < -0.3 is 30.2 Å². The number of carbonyl (C=O) groups is 1. The van der Waals surface area contributed by atoms with Crippen molar-refractivity contribution in [3.05, 3.63) is 23.8 Å². The number of ether oxygens (including phenoxy) is 3. The number of primary amides is 1. The summed E-state index contributed by atoms with van der Waals surface area (Å²) in [5, 5.41) is 15.2. The third-order valence-electron chi connectivity index (χ3n) is 8.45. The predicted molar refractivity (Wildman–Crippen MR) is 197 cm³/mol. The highest BCUT2D eigenvalue weighted by molar-refractivity contribution is 5.64. The van der Waals surface area contributed by atoms with Gasteiger partial charge >= 0.3 is 6.09 Å². The molecule has 0 radical (unpaired) electrons. The Morgan fingerprint density at radius 3 is 1.09 bits per heavy atom. The van der Waals surface area contributed by atoms with Gasteiger partial charge in [0.1, 0.15) is 18.1 Å². The van der Waals surface area contributed by atoms with Crippen molar-refractivity contribution in [1.82, 2.24) is 0 Å². The molecule has 7 heteroatoms.